The first-order valence-electron chi connectivity index (χ1n) is 17.0. The highest BCUT2D eigenvalue weighted by atomic mass is 35.5. The lowest BCUT2D eigenvalue weighted by Crippen LogP contribution is -2.33. The van der Waals surface area contributed by atoms with Crippen LogP contribution in [0, 0.1) is 13.8 Å². The van der Waals surface area contributed by atoms with Gasteiger partial charge in [-0.3, -0.25) is 4.79 Å². The maximum Gasteiger partial charge on any atom is 0.410 e. The number of benzene rings is 2. The molecule has 16 heteroatoms. The van der Waals surface area contributed by atoms with Gasteiger partial charge in [0.05, 0.1) is 17.9 Å². The third-order valence-corrected chi connectivity index (χ3v) is 12.2. The van der Waals surface area contributed by atoms with E-state index in [9.17, 15) is 26.4 Å². The zero-order valence-corrected chi connectivity index (χ0v) is 34.5. The second-order valence-corrected chi connectivity index (χ2v) is 18.1. The Morgan fingerprint density at radius 1 is 0.750 bits per heavy atom. The van der Waals surface area contributed by atoms with E-state index in [0.717, 1.165) is 9.54 Å². The summed E-state index contributed by atoms with van der Waals surface area (Å²) in [4.78, 5) is 32.8. The minimum atomic E-state index is -3.96. The highest BCUT2D eigenvalue weighted by molar-refractivity contribution is 7.90. The number of amides is 1. The van der Waals surface area contributed by atoms with E-state index in [0.29, 0.717) is 39.9 Å². The third kappa shape index (κ3) is 9.56. The molecule has 4 heterocycles. The number of aryl methyl sites for hydroxylation is 2. The van der Waals surface area contributed by atoms with Crippen molar-refractivity contribution in [3.05, 3.63) is 142 Å². The monoisotopic (exact) mass is 835 g/mol. The predicted octanol–water partition coefficient (Wildman–Crippen LogP) is 8.68. The van der Waals surface area contributed by atoms with E-state index in [1.54, 1.807) is 72.0 Å². The van der Waals surface area contributed by atoms with Gasteiger partial charge in [-0.15, -0.1) is 0 Å². The number of nitrogens with zero attached hydrogens (tertiary/aromatic N) is 5. The van der Waals surface area contributed by atoms with Crippen molar-refractivity contribution >= 4 is 55.6 Å². The Morgan fingerprint density at radius 3 is 1.62 bits per heavy atom. The first-order chi connectivity index (χ1) is 26.3. The molecule has 0 saturated heterocycles. The number of carbonyl (C=O) groups excluding carboxylic acids is 2. The van der Waals surface area contributed by atoms with E-state index in [1.165, 1.54) is 51.9 Å². The van der Waals surface area contributed by atoms with Crippen LogP contribution in [0.15, 0.2) is 120 Å². The van der Waals surface area contributed by atoms with Crippen LogP contribution in [0.2, 0.25) is 10.3 Å². The van der Waals surface area contributed by atoms with Crippen LogP contribution in [0.1, 0.15) is 47.8 Å². The van der Waals surface area contributed by atoms with E-state index >= 15 is 0 Å². The normalized spacial score (nSPS) is 11.7. The van der Waals surface area contributed by atoms with Crippen molar-refractivity contribution in [3.63, 3.8) is 0 Å². The molecule has 0 fully saturated rings. The second kappa shape index (κ2) is 16.8. The molecule has 0 spiro atoms. The average molecular weight is 837 g/mol. The Balaban J connectivity index is 0.000000223. The molecule has 292 valence electrons. The van der Waals surface area contributed by atoms with Gasteiger partial charge in [0.15, 0.2) is 6.29 Å². The van der Waals surface area contributed by atoms with Crippen molar-refractivity contribution in [2.45, 2.75) is 56.6 Å². The number of rotatable bonds is 9. The lowest BCUT2D eigenvalue weighted by atomic mass is 10.1. The highest BCUT2D eigenvalue weighted by Gasteiger charge is 2.26. The summed E-state index contributed by atoms with van der Waals surface area (Å²) in [5, 5.41) is 0.498. The number of carbonyl (C=O) groups is 2. The molecule has 12 nitrogen and oxygen atoms in total. The van der Waals surface area contributed by atoms with Gasteiger partial charge in [-0.1, -0.05) is 83.9 Å². The van der Waals surface area contributed by atoms with Gasteiger partial charge in [-0.2, -0.15) is 0 Å². The Hall–Kier alpha value is -5.28. The maximum absolute atomic E-state index is 13.5. The van der Waals surface area contributed by atoms with Gasteiger partial charge < -0.3 is 9.64 Å². The molecule has 0 N–H and O–H groups in total. The van der Waals surface area contributed by atoms with Crippen LogP contribution in [0.4, 0.5) is 4.79 Å². The van der Waals surface area contributed by atoms with Crippen molar-refractivity contribution < 1.29 is 31.2 Å². The molecule has 4 aromatic heterocycles. The van der Waals surface area contributed by atoms with Crippen molar-refractivity contribution in [3.8, 4) is 22.5 Å². The summed E-state index contributed by atoms with van der Waals surface area (Å²) in [6.45, 7) is 8.92. The SMILES string of the molecule is Cc1cc(S(=O)(=O)n2cc(C=O)cc2-c2ccccc2)cnc1Cl.Cc1cc(S(=O)(=O)n2cc(CN(C)C(=O)OC(C)(C)C)cc2-c2ccccc2)cnc1Cl. The van der Waals surface area contributed by atoms with Gasteiger partial charge in [0, 0.05) is 37.4 Å². The van der Waals surface area contributed by atoms with Crippen LogP contribution in [-0.4, -0.2) is 64.7 Å². The first-order valence-corrected chi connectivity index (χ1v) is 20.6. The van der Waals surface area contributed by atoms with Crippen LogP contribution >= 0.6 is 23.2 Å². The summed E-state index contributed by atoms with van der Waals surface area (Å²) in [5.74, 6) is 0. The number of ether oxygens (including phenoxy) is 1. The second-order valence-electron chi connectivity index (χ2n) is 13.7. The van der Waals surface area contributed by atoms with Gasteiger partial charge in [0.25, 0.3) is 20.0 Å². The smallest absolute Gasteiger partial charge is 0.410 e. The van der Waals surface area contributed by atoms with Crippen molar-refractivity contribution in [2.24, 2.45) is 0 Å². The van der Waals surface area contributed by atoms with Crippen molar-refractivity contribution in [2.75, 3.05) is 7.05 Å². The van der Waals surface area contributed by atoms with Gasteiger partial charge in [0.1, 0.15) is 25.7 Å². The Morgan fingerprint density at radius 2 is 1.20 bits per heavy atom. The molecule has 0 atom stereocenters. The number of aromatic nitrogens is 4. The minimum absolute atomic E-state index is 0.00892. The number of halogens is 2. The van der Waals surface area contributed by atoms with E-state index < -0.39 is 31.7 Å². The molecular formula is C40H39Cl2N5O7S2. The first kappa shape index (κ1) is 41.9. The Bertz CT molecular complexity index is 2600. The molecule has 2 aromatic carbocycles. The fourth-order valence-electron chi connectivity index (χ4n) is 5.40. The zero-order valence-electron chi connectivity index (χ0n) is 31.3. The summed E-state index contributed by atoms with van der Waals surface area (Å²) in [7, 11) is -6.26. The zero-order chi connectivity index (χ0) is 41.0. The van der Waals surface area contributed by atoms with Gasteiger partial charge in [-0.25, -0.2) is 39.5 Å². The number of hydrogen-bond donors (Lipinski definition) is 0. The van der Waals surface area contributed by atoms with Crippen LogP contribution < -0.4 is 0 Å². The average Bonchev–Trinajstić information content (AvgIpc) is 3.80. The van der Waals surface area contributed by atoms with Crippen LogP contribution in [0.3, 0.4) is 0 Å². The van der Waals surface area contributed by atoms with E-state index in [1.807, 2.05) is 36.4 Å². The molecule has 56 heavy (non-hydrogen) atoms. The lowest BCUT2D eigenvalue weighted by Gasteiger charge is -2.24. The minimum Gasteiger partial charge on any atom is -0.444 e. The van der Waals surface area contributed by atoms with E-state index in [4.69, 9.17) is 27.9 Å². The van der Waals surface area contributed by atoms with Crippen LogP contribution in [0.5, 0.6) is 0 Å². The molecule has 0 radical (unpaired) electrons. The standard InChI is InChI=1S/C23H26ClN3O4S.C17H13ClN2O3S/c1-16-11-19(13-25-21(16)24)32(29,30)27-15-17(12-20(27)18-9-7-6-8-10-18)14-26(5)22(28)31-23(2,3)4;1-12-7-15(9-19-17(12)18)24(22,23)20-10-13(11-21)8-16(20)14-5-3-2-4-6-14/h6-13,15H,14H2,1-5H3;2-11H,1H3. The van der Waals surface area contributed by atoms with E-state index in [-0.39, 0.29) is 32.2 Å². The van der Waals surface area contributed by atoms with Crippen LogP contribution in [0.25, 0.3) is 22.5 Å². The number of aldehydes is 1. The molecule has 6 rings (SSSR count). The van der Waals surface area contributed by atoms with Gasteiger partial charge in [-0.05, 0) is 86.7 Å². The quantitative estimate of drug-likeness (QED) is 0.103. The molecule has 1 amide bonds. The van der Waals surface area contributed by atoms with Crippen molar-refractivity contribution in [1.29, 1.82) is 0 Å². The summed E-state index contributed by atoms with van der Waals surface area (Å²) in [6.07, 6.45) is 5.39. The molecular weight excluding hydrogens is 798 g/mol. The van der Waals surface area contributed by atoms with Crippen LogP contribution in [-0.2, 0) is 31.3 Å². The lowest BCUT2D eigenvalue weighted by molar-refractivity contribution is 0.0285. The topological polar surface area (TPSA) is 151 Å². The molecule has 0 aliphatic rings. The molecule has 0 bridgehead atoms. The molecule has 6 aromatic rings. The fraction of sp³-hybridized carbons (Fsp3) is 0.200. The van der Waals surface area contributed by atoms with Gasteiger partial charge in [0.2, 0.25) is 0 Å². The summed E-state index contributed by atoms with van der Waals surface area (Å²) < 4.78 is 60.6. The van der Waals surface area contributed by atoms with E-state index in [2.05, 4.69) is 9.97 Å². The summed E-state index contributed by atoms with van der Waals surface area (Å²) in [6, 6.07) is 24.4. The van der Waals surface area contributed by atoms with Gasteiger partial charge >= 0.3 is 6.09 Å². The Labute approximate surface area is 336 Å². The predicted molar refractivity (Wildman–Crippen MR) is 216 cm³/mol. The summed E-state index contributed by atoms with van der Waals surface area (Å²) in [5.41, 5.74) is 3.70. The molecule has 0 unspecified atom stereocenters. The maximum atomic E-state index is 13.5. The number of hydrogen-bond acceptors (Lipinski definition) is 9. The fourth-order valence-corrected chi connectivity index (χ4v) is 8.45. The Kier molecular flexibility index (Phi) is 12.6. The summed E-state index contributed by atoms with van der Waals surface area (Å²) >= 11 is 11.9. The molecule has 0 aliphatic carbocycles. The molecule has 0 aliphatic heterocycles. The highest BCUT2D eigenvalue weighted by Crippen LogP contribution is 2.30. The largest absolute Gasteiger partial charge is 0.444 e. The number of pyridine rings is 2. The molecule has 0 saturated carbocycles. The third-order valence-electron chi connectivity index (χ3n) is 8.14. The van der Waals surface area contributed by atoms with Crippen molar-refractivity contribution in [1.82, 2.24) is 22.8 Å².